The topological polar surface area (TPSA) is 84.3 Å². The fourth-order valence-electron chi connectivity index (χ4n) is 1.65. The lowest BCUT2D eigenvalue weighted by atomic mass is 10.2. The number of halogens is 1. The fourth-order valence-corrected chi connectivity index (χ4v) is 1.97. The molecule has 1 aliphatic heterocycles. The molecule has 0 amide bonds. The Morgan fingerprint density at radius 1 is 1.62 bits per heavy atom. The molecule has 0 aliphatic carbocycles. The lowest BCUT2D eigenvalue weighted by Gasteiger charge is -2.13. The van der Waals surface area contributed by atoms with Crippen LogP contribution in [0.1, 0.15) is 19.6 Å². The van der Waals surface area contributed by atoms with E-state index in [0.717, 1.165) is 0 Å². The summed E-state index contributed by atoms with van der Waals surface area (Å²) in [7, 11) is 0. The van der Waals surface area contributed by atoms with Crippen LogP contribution in [0.5, 0.6) is 0 Å². The summed E-state index contributed by atoms with van der Waals surface area (Å²) in [6, 6.07) is 0. The first-order valence-electron chi connectivity index (χ1n) is 4.83. The number of aliphatic hydroxyl groups excluding tert-OH is 1. The fraction of sp³-hybridized carbons (Fsp3) is 0.556. The molecule has 16 heavy (non-hydrogen) atoms. The van der Waals surface area contributed by atoms with Crippen LogP contribution in [0.4, 0.5) is 0 Å². The van der Waals surface area contributed by atoms with E-state index in [2.05, 4.69) is 20.9 Å². The van der Waals surface area contributed by atoms with Crippen LogP contribution in [0.3, 0.4) is 0 Å². The summed E-state index contributed by atoms with van der Waals surface area (Å²) in [6.07, 6.45) is 0.256. The highest BCUT2D eigenvalue weighted by Crippen LogP contribution is 2.27. The van der Waals surface area contributed by atoms with Crippen molar-refractivity contribution in [1.82, 2.24) is 9.55 Å². The molecule has 2 rings (SSSR count). The normalized spacial score (nSPS) is 29.6. The highest BCUT2D eigenvalue weighted by atomic mass is 79.9. The average Bonchev–Trinajstić information content (AvgIpc) is 2.53. The van der Waals surface area contributed by atoms with Gasteiger partial charge in [-0.15, -0.1) is 0 Å². The molecule has 0 unspecified atom stereocenters. The van der Waals surface area contributed by atoms with Crippen LogP contribution in [0.2, 0.25) is 0 Å². The van der Waals surface area contributed by atoms with Gasteiger partial charge in [0.15, 0.2) is 0 Å². The van der Waals surface area contributed by atoms with E-state index in [9.17, 15) is 14.7 Å². The molecule has 6 nitrogen and oxygen atoms in total. The van der Waals surface area contributed by atoms with Gasteiger partial charge in [-0.05, 0) is 22.9 Å². The van der Waals surface area contributed by atoms with Crippen LogP contribution >= 0.6 is 15.9 Å². The maximum absolute atomic E-state index is 11.5. The number of hydrogen-bond donors (Lipinski definition) is 2. The molecule has 1 aromatic heterocycles. The van der Waals surface area contributed by atoms with Crippen LogP contribution in [-0.4, -0.2) is 26.9 Å². The van der Waals surface area contributed by atoms with E-state index in [0.29, 0.717) is 6.42 Å². The maximum Gasteiger partial charge on any atom is 0.330 e. The molecule has 2 heterocycles. The van der Waals surface area contributed by atoms with Gasteiger partial charge in [0.1, 0.15) is 6.23 Å². The van der Waals surface area contributed by atoms with Crippen molar-refractivity contribution in [2.75, 3.05) is 0 Å². The van der Waals surface area contributed by atoms with Crippen molar-refractivity contribution in [3.8, 4) is 0 Å². The Labute approximate surface area is 99.0 Å². The number of ether oxygens (including phenoxy) is 1. The Kier molecular flexibility index (Phi) is 3.00. The van der Waals surface area contributed by atoms with Crippen LogP contribution in [0.15, 0.2) is 20.3 Å². The third-order valence-electron chi connectivity index (χ3n) is 2.59. The molecule has 88 valence electrons. The average molecular weight is 291 g/mol. The van der Waals surface area contributed by atoms with Crippen molar-refractivity contribution in [1.29, 1.82) is 0 Å². The van der Waals surface area contributed by atoms with Gasteiger partial charge in [-0.2, -0.15) is 0 Å². The minimum absolute atomic E-state index is 0.254. The van der Waals surface area contributed by atoms with E-state index in [1.807, 2.05) is 0 Å². The minimum atomic E-state index is -0.595. The summed E-state index contributed by atoms with van der Waals surface area (Å²) in [4.78, 5) is 24.8. The first-order chi connectivity index (χ1) is 7.49. The van der Waals surface area contributed by atoms with Gasteiger partial charge in [-0.25, -0.2) is 4.79 Å². The summed E-state index contributed by atoms with van der Waals surface area (Å²) in [5.74, 6) is 0. The molecule has 1 aliphatic rings. The standard InChI is InChI=1S/C9H11BrN2O4/c1-4-6(13)2-7(16-4)12-3-5(10)8(14)11-9(12)15/h3-4,6-7,13H,2H2,1H3,(H,11,14,15)/t4-,6+,7-/m1/s1. The Morgan fingerprint density at radius 3 is 2.88 bits per heavy atom. The van der Waals surface area contributed by atoms with E-state index in [-0.39, 0.29) is 10.6 Å². The predicted octanol–water partition coefficient (Wildman–Crippen LogP) is -0.0326. The maximum atomic E-state index is 11.5. The molecule has 0 spiro atoms. The van der Waals surface area contributed by atoms with Crippen molar-refractivity contribution in [3.63, 3.8) is 0 Å². The lowest BCUT2D eigenvalue weighted by molar-refractivity contribution is -0.0102. The number of nitrogens with zero attached hydrogens (tertiary/aromatic N) is 1. The van der Waals surface area contributed by atoms with Crippen LogP contribution < -0.4 is 11.2 Å². The highest BCUT2D eigenvalue weighted by Gasteiger charge is 2.32. The smallest absolute Gasteiger partial charge is 0.330 e. The number of aromatic amines is 1. The number of hydrogen-bond acceptors (Lipinski definition) is 4. The number of rotatable bonds is 1. The molecule has 1 aromatic rings. The van der Waals surface area contributed by atoms with Crippen LogP contribution in [-0.2, 0) is 4.74 Å². The zero-order chi connectivity index (χ0) is 11.9. The third kappa shape index (κ3) is 1.98. The SMILES string of the molecule is C[C@H]1O[C@@H](n2cc(Br)c(=O)[nH]c2=O)C[C@@H]1O. The molecule has 7 heteroatoms. The van der Waals surface area contributed by atoms with Crippen molar-refractivity contribution in [2.45, 2.75) is 31.8 Å². The van der Waals surface area contributed by atoms with Gasteiger partial charge in [0, 0.05) is 12.6 Å². The zero-order valence-electron chi connectivity index (χ0n) is 8.51. The van der Waals surface area contributed by atoms with E-state index in [4.69, 9.17) is 4.74 Å². The van der Waals surface area contributed by atoms with E-state index in [1.54, 1.807) is 6.92 Å². The van der Waals surface area contributed by atoms with Gasteiger partial charge in [0.05, 0.1) is 16.7 Å². The predicted molar refractivity (Wildman–Crippen MR) is 59.2 cm³/mol. The summed E-state index contributed by atoms with van der Waals surface area (Å²) < 4.78 is 6.92. The zero-order valence-corrected chi connectivity index (χ0v) is 10.1. The number of aliphatic hydroxyl groups is 1. The molecule has 2 N–H and O–H groups in total. The molecule has 0 aromatic carbocycles. The Balaban J connectivity index is 2.39. The largest absolute Gasteiger partial charge is 0.390 e. The van der Waals surface area contributed by atoms with Gasteiger partial charge in [0.2, 0.25) is 0 Å². The van der Waals surface area contributed by atoms with Gasteiger partial charge in [-0.1, -0.05) is 0 Å². The van der Waals surface area contributed by atoms with Gasteiger partial charge in [-0.3, -0.25) is 14.3 Å². The van der Waals surface area contributed by atoms with E-state index >= 15 is 0 Å². The van der Waals surface area contributed by atoms with Crippen molar-refractivity contribution >= 4 is 15.9 Å². The lowest BCUT2D eigenvalue weighted by Crippen LogP contribution is -2.32. The van der Waals surface area contributed by atoms with E-state index < -0.39 is 23.6 Å². The summed E-state index contributed by atoms with van der Waals surface area (Å²) in [5.41, 5.74) is -1.02. The summed E-state index contributed by atoms with van der Waals surface area (Å²) in [5, 5.41) is 9.52. The molecule has 0 saturated carbocycles. The first-order valence-corrected chi connectivity index (χ1v) is 5.63. The second-order valence-corrected chi connectivity index (χ2v) is 4.60. The number of nitrogens with one attached hydrogen (secondary N) is 1. The van der Waals surface area contributed by atoms with Crippen molar-refractivity contribution < 1.29 is 9.84 Å². The molecule has 1 fully saturated rings. The summed E-state index contributed by atoms with van der Waals surface area (Å²) in [6.45, 7) is 1.73. The van der Waals surface area contributed by atoms with Gasteiger partial charge in [0.25, 0.3) is 5.56 Å². The Bertz CT molecular complexity index is 499. The van der Waals surface area contributed by atoms with Crippen LogP contribution in [0, 0.1) is 0 Å². The Hall–Kier alpha value is -0.920. The number of aromatic nitrogens is 2. The third-order valence-corrected chi connectivity index (χ3v) is 3.16. The van der Waals surface area contributed by atoms with Gasteiger partial charge >= 0.3 is 5.69 Å². The van der Waals surface area contributed by atoms with Crippen molar-refractivity contribution in [2.24, 2.45) is 0 Å². The molecule has 3 atom stereocenters. The first kappa shape index (κ1) is 11.6. The molecule has 1 saturated heterocycles. The molecule has 0 bridgehead atoms. The second kappa shape index (κ2) is 4.15. The van der Waals surface area contributed by atoms with Crippen LogP contribution in [0.25, 0.3) is 0 Å². The monoisotopic (exact) mass is 290 g/mol. The molecule has 0 radical (unpaired) electrons. The molecular formula is C9H11BrN2O4. The van der Waals surface area contributed by atoms with Crippen molar-refractivity contribution in [3.05, 3.63) is 31.5 Å². The minimum Gasteiger partial charge on any atom is -0.390 e. The molecular weight excluding hydrogens is 280 g/mol. The second-order valence-electron chi connectivity index (χ2n) is 3.74. The highest BCUT2D eigenvalue weighted by molar-refractivity contribution is 9.10. The number of H-pyrrole nitrogens is 1. The van der Waals surface area contributed by atoms with E-state index in [1.165, 1.54) is 10.8 Å². The Morgan fingerprint density at radius 2 is 2.31 bits per heavy atom. The van der Waals surface area contributed by atoms with Gasteiger partial charge < -0.3 is 9.84 Å². The summed E-state index contributed by atoms with van der Waals surface area (Å²) >= 11 is 3.04. The quantitative estimate of drug-likeness (QED) is 0.761.